The summed E-state index contributed by atoms with van der Waals surface area (Å²) in [5, 5.41) is 3.12. The van der Waals surface area contributed by atoms with Gasteiger partial charge in [0.15, 0.2) is 0 Å². The lowest BCUT2D eigenvalue weighted by Gasteiger charge is -2.36. The molecule has 0 aromatic carbocycles. The van der Waals surface area contributed by atoms with E-state index in [1.165, 1.54) is 19.3 Å². The predicted molar refractivity (Wildman–Crippen MR) is 56.8 cm³/mol. The zero-order valence-electron chi connectivity index (χ0n) is 8.83. The van der Waals surface area contributed by atoms with Crippen LogP contribution in [0.25, 0.3) is 0 Å². The van der Waals surface area contributed by atoms with Gasteiger partial charge in [0, 0.05) is 12.5 Å². The van der Waals surface area contributed by atoms with Crippen molar-refractivity contribution in [3.8, 4) is 0 Å². The minimum atomic E-state index is 0.207. The maximum absolute atomic E-state index is 11.3. The Morgan fingerprint density at radius 2 is 2.29 bits per heavy atom. The van der Waals surface area contributed by atoms with Crippen LogP contribution in [-0.4, -0.2) is 11.9 Å². The third-order valence-corrected chi connectivity index (χ3v) is 3.41. The standard InChI is InChI=1S/C12H19NO/c1-2-12(14)13-11-7-9-4-3-5-10(6-9)8-11/h3-4,9-11H,2,5-8H2,1H3,(H,13,14)/t9-,10+,11-/m1/s1. The van der Waals surface area contributed by atoms with Crippen molar-refractivity contribution in [3.05, 3.63) is 12.2 Å². The highest BCUT2D eigenvalue weighted by Crippen LogP contribution is 2.35. The summed E-state index contributed by atoms with van der Waals surface area (Å²) in [4.78, 5) is 11.3. The minimum absolute atomic E-state index is 0.207. The molecule has 0 radical (unpaired) electrons. The molecule has 0 heterocycles. The molecule has 0 aromatic heterocycles. The maximum atomic E-state index is 11.3. The highest BCUT2D eigenvalue weighted by Gasteiger charge is 2.29. The first-order valence-electron chi connectivity index (χ1n) is 5.74. The summed E-state index contributed by atoms with van der Waals surface area (Å²) >= 11 is 0. The molecule has 1 fully saturated rings. The summed E-state index contributed by atoms with van der Waals surface area (Å²) in [5.74, 6) is 1.75. The van der Waals surface area contributed by atoms with Gasteiger partial charge in [-0.2, -0.15) is 0 Å². The molecule has 3 atom stereocenters. The van der Waals surface area contributed by atoms with E-state index < -0.39 is 0 Å². The van der Waals surface area contributed by atoms with Gasteiger partial charge in [-0.1, -0.05) is 19.1 Å². The van der Waals surface area contributed by atoms with E-state index in [1.54, 1.807) is 0 Å². The predicted octanol–water partition coefficient (Wildman–Crippen LogP) is 2.26. The van der Waals surface area contributed by atoms with Crippen molar-refractivity contribution in [1.82, 2.24) is 5.32 Å². The molecule has 2 aliphatic rings. The van der Waals surface area contributed by atoms with Gasteiger partial charge in [-0.05, 0) is 37.5 Å². The third kappa shape index (κ3) is 2.17. The first-order valence-corrected chi connectivity index (χ1v) is 5.74. The largest absolute Gasteiger partial charge is 0.353 e. The molecule has 1 saturated carbocycles. The van der Waals surface area contributed by atoms with E-state index in [0.29, 0.717) is 12.5 Å². The van der Waals surface area contributed by atoms with Gasteiger partial charge in [0.2, 0.25) is 5.91 Å². The van der Waals surface area contributed by atoms with E-state index in [4.69, 9.17) is 0 Å². The minimum Gasteiger partial charge on any atom is -0.353 e. The molecule has 0 saturated heterocycles. The molecule has 2 nitrogen and oxygen atoms in total. The van der Waals surface area contributed by atoms with E-state index >= 15 is 0 Å². The van der Waals surface area contributed by atoms with Gasteiger partial charge in [0.1, 0.15) is 0 Å². The van der Waals surface area contributed by atoms with Gasteiger partial charge < -0.3 is 5.32 Å². The molecular weight excluding hydrogens is 174 g/mol. The smallest absolute Gasteiger partial charge is 0.219 e. The average molecular weight is 193 g/mol. The summed E-state index contributed by atoms with van der Waals surface area (Å²) in [6.45, 7) is 1.92. The molecule has 14 heavy (non-hydrogen) atoms. The lowest BCUT2D eigenvalue weighted by Crippen LogP contribution is -2.41. The van der Waals surface area contributed by atoms with Crippen molar-refractivity contribution >= 4 is 5.91 Å². The van der Waals surface area contributed by atoms with Gasteiger partial charge in [-0.25, -0.2) is 0 Å². The fourth-order valence-corrected chi connectivity index (χ4v) is 2.75. The van der Waals surface area contributed by atoms with Gasteiger partial charge in [0.25, 0.3) is 0 Å². The number of fused-ring (bicyclic) bond motifs is 2. The first-order chi connectivity index (χ1) is 6.78. The average Bonchev–Trinajstić information content (AvgIpc) is 2.17. The highest BCUT2D eigenvalue weighted by molar-refractivity contribution is 5.75. The van der Waals surface area contributed by atoms with Crippen LogP contribution >= 0.6 is 0 Å². The molecule has 2 aliphatic carbocycles. The van der Waals surface area contributed by atoms with Crippen molar-refractivity contribution in [2.24, 2.45) is 11.8 Å². The van der Waals surface area contributed by atoms with Crippen LogP contribution in [0, 0.1) is 11.8 Å². The second-order valence-electron chi connectivity index (χ2n) is 4.62. The van der Waals surface area contributed by atoms with Crippen LogP contribution in [0.3, 0.4) is 0 Å². The summed E-state index contributed by atoms with van der Waals surface area (Å²) < 4.78 is 0. The fraction of sp³-hybridized carbons (Fsp3) is 0.750. The Labute approximate surface area is 85.8 Å². The Bertz CT molecular complexity index is 247. The number of carbonyl (C=O) groups is 1. The Morgan fingerprint density at radius 3 is 3.00 bits per heavy atom. The Hall–Kier alpha value is -0.790. The van der Waals surface area contributed by atoms with Crippen LogP contribution in [-0.2, 0) is 4.79 Å². The number of allylic oxidation sites excluding steroid dienone is 2. The van der Waals surface area contributed by atoms with Crippen LogP contribution in [0.2, 0.25) is 0 Å². The molecule has 0 aromatic rings. The van der Waals surface area contributed by atoms with Crippen LogP contribution in [0.1, 0.15) is 39.0 Å². The van der Waals surface area contributed by atoms with E-state index in [1.807, 2.05) is 6.92 Å². The number of hydrogen-bond acceptors (Lipinski definition) is 1. The van der Waals surface area contributed by atoms with E-state index in [0.717, 1.165) is 18.3 Å². The molecule has 1 N–H and O–H groups in total. The van der Waals surface area contributed by atoms with Crippen molar-refractivity contribution in [2.45, 2.75) is 45.1 Å². The third-order valence-electron chi connectivity index (χ3n) is 3.41. The quantitative estimate of drug-likeness (QED) is 0.670. The summed E-state index contributed by atoms with van der Waals surface area (Å²) in [5.41, 5.74) is 0. The highest BCUT2D eigenvalue weighted by atomic mass is 16.1. The number of amides is 1. The molecule has 0 aliphatic heterocycles. The molecular formula is C12H19NO. The Morgan fingerprint density at radius 1 is 1.43 bits per heavy atom. The second-order valence-corrected chi connectivity index (χ2v) is 4.62. The van der Waals surface area contributed by atoms with E-state index in [2.05, 4.69) is 17.5 Å². The molecule has 0 unspecified atom stereocenters. The van der Waals surface area contributed by atoms with Crippen LogP contribution in [0.4, 0.5) is 0 Å². The SMILES string of the molecule is CCC(=O)N[C@@H]1C[C@@H]2C=CC[C@@H](C2)C1. The monoisotopic (exact) mass is 193 g/mol. The number of nitrogens with one attached hydrogen (secondary N) is 1. The first kappa shape index (κ1) is 9.75. The van der Waals surface area contributed by atoms with Gasteiger partial charge >= 0.3 is 0 Å². The normalized spacial score (nSPS) is 35.4. The van der Waals surface area contributed by atoms with Crippen molar-refractivity contribution in [1.29, 1.82) is 0 Å². The van der Waals surface area contributed by atoms with E-state index in [-0.39, 0.29) is 5.91 Å². The summed E-state index contributed by atoms with van der Waals surface area (Å²) in [6, 6.07) is 0.441. The molecule has 78 valence electrons. The summed E-state index contributed by atoms with van der Waals surface area (Å²) in [6.07, 6.45) is 10.2. The number of hydrogen-bond donors (Lipinski definition) is 1. The Kier molecular flexibility index (Phi) is 2.90. The Balaban J connectivity index is 1.90. The second kappa shape index (κ2) is 4.16. The molecule has 2 heteroatoms. The van der Waals surface area contributed by atoms with Gasteiger partial charge in [0.05, 0.1) is 0 Å². The van der Waals surface area contributed by atoms with E-state index in [9.17, 15) is 4.79 Å². The lowest BCUT2D eigenvalue weighted by atomic mass is 9.74. The van der Waals surface area contributed by atoms with Crippen molar-refractivity contribution in [3.63, 3.8) is 0 Å². The lowest BCUT2D eigenvalue weighted by molar-refractivity contribution is -0.121. The van der Waals surface area contributed by atoms with Gasteiger partial charge in [-0.3, -0.25) is 4.79 Å². The van der Waals surface area contributed by atoms with Crippen LogP contribution in [0.15, 0.2) is 12.2 Å². The molecule has 2 bridgehead atoms. The fourth-order valence-electron chi connectivity index (χ4n) is 2.75. The van der Waals surface area contributed by atoms with Crippen LogP contribution in [0.5, 0.6) is 0 Å². The molecule has 2 rings (SSSR count). The van der Waals surface area contributed by atoms with Crippen molar-refractivity contribution in [2.75, 3.05) is 0 Å². The maximum Gasteiger partial charge on any atom is 0.219 e. The zero-order valence-corrected chi connectivity index (χ0v) is 8.83. The summed E-state index contributed by atoms with van der Waals surface area (Å²) in [7, 11) is 0. The molecule has 1 amide bonds. The number of rotatable bonds is 2. The topological polar surface area (TPSA) is 29.1 Å². The zero-order chi connectivity index (χ0) is 9.97. The van der Waals surface area contributed by atoms with Gasteiger partial charge in [-0.15, -0.1) is 0 Å². The van der Waals surface area contributed by atoms with Crippen molar-refractivity contribution < 1.29 is 4.79 Å². The molecule has 0 spiro atoms. The van der Waals surface area contributed by atoms with Crippen LogP contribution < -0.4 is 5.32 Å². The number of carbonyl (C=O) groups excluding carboxylic acids is 1.